The molecule has 3 rings (SSSR count). The molecule has 1 atom stereocenters. The summed E-state index contributed by atoms with van der Waals surface area (Å²) < 4.78 is 0. The van der Waals surface area contributed by atoms with Crippen LogP contribution < -0.4 is 10.6 Å². The van der Waals surface area contributed by atoms with Crippen molar-refractivity contribution in [2.75, 3.05) is 5.32 Å². The minimum atomic E-state index is -0.156. The highest BCUT2D eigenvalue weighted by Gasteiger charge is 2.24. The maximum atomic E-state index is 11.9. The van der Waals surface area contributed by atoms with Gasteiger partial charge in [-0.2, -0.15) is 0 Å². The van der Waals surface area contributed by atoms with Gasteiger partial charge in [0.2, 0.25) is 0 Å². The van der Waals surface area contributed by atoms with Crippen LogP contribution in [0.25, 0.3) is 0 Å². The van der Waals surface area contributed by atoms with Gasteiger partial charge in [0.05, 0.1) is 5.56 Å². The van der Waals surface area contributed by atoms with E-state index in [-0.39, 0.29) is 12.1 Å². The molecule has 1 aromatic carbocycles. The van der Waals surface area contributed by atoms with Crippen molar-refractivity contribution >= 4 is 34.5 Å². The normalized spacial score (nSPS) is 18.2. The fourth-order valence-corrected chi connectivity index (χ4v) is 2.73. The maximum absolute atomic E-state index is 11.9. The van der Waals surface area contributed by atoms with Crippen LogP contribution in [0.4, 0.5) is 5.69 Å². The topological polar surface area (TPSA) is 41.1 Å². The van der Waals surface area contributed by atoms with E-state index in [0.29, 0.717) is 10.6 Å². The van der Waals surface area contributed by atoms with E-state index in [1.807, 2.05) is 23.6 Å². The predicted octanol–water partition coefficient (Wildman–Crippen LogP) is 3.26. The maximum Gasteiger partial charge on any atom is 0.255 e. The number of carbonyl (C=O) groups is 1. The number of rotatable bonds is 1. The third kappa shape index (κ3) is 1.90. The third-order valence-electron chi connectivity index (χ3n) is 2.63. The average Bonchev–Trinajstić information content (AvgIpc) is 2.83. The number of anilines is 1. The van der Waals surface area contributed by atoms with E-state index in [1.165, 1.54) is 0 Å². The van der Waals surface area contributed by atoms with Crippen LogP contribution in [0.1, 0.15) is 21.4 Å². The first-order chi connectivity index (χ1) is 8.24. The van der Waals surface area contributed by atoms with Crippen LogP contribution in [0.5, 0.6) is 0 Å². The Morgan fingerprint density at radius 2 is 2.12 bits per heavy atom. The summed E-state index contributed by atoms with van der Waals surface area (Å²) in [5, 5.41) is 8.73. The molecule has 2 heterocycles. The number of hydrogen-bond acceptors (Lipinski definition) is 3. The van der Waals surface area contributed by atoms with Crippen molar-refractivity contribution in [2.24, 2.45) is 0 Å². The molecule has 5 heteroatoms. The summed E-state index contributed by atoms with van der Waals surface area (Å²) in [7, 11) is 0. The van der Waals surface area contributed by atoms with Crippen molar-refractivity contribution in [1.29, 1.82) is 0 Å². The van der Waals surface area contributed by atoms with Crippen LogP contribution in [0.15, 0.2) is 35.7 Å². The van der Waals surface area contributed by atoms with Crippen LogP contribution in [-0.4, -0.2) is 5.91 Å². The average molecular weight is 265 g/mol. The van der Waals surface area contributed by atoms with Crippen LogP contribution in [-0.2, 0) is 0 Å². The van der Waals surface area contributed by atoms with Gasteiger partial charge in [0, 0.05) is 15.6 Å². The lowest BCUT2D eigenvalue weighted by Crippen LogP contribution is -2.37. The van der Waals surface area contributed by atoms with E-state index in [1.54, 1.807) is 23.5 Å². The number of benzene rings is 1. The molecular formula is C12H9ClN2OS. The first-order valence-corrected chi connectivity index (χ1v) is 6.40. The number of fused-ring (bicyclic) bond motifs is 1. The Morgan fingerprint density at radius 1 is 1.24 bits per heavy atom. The van der Waals surface area contributed by atoms with E-state index in [0.717, 1.165) is 10.6 Å². The van der Waals surface area contributed by atoms with Gasteiger partial charge < -0.3 is 10.6 Å². The molecule has 1 aliphatic heterocycles. The van der Waals surface area contributed by atoms with Gasteiger partial charge in [-0.25, -0.2) is 0 Å². The molecule has 0 saturated carbocycles. The minimum absolute atomic E-state index is 0.0975. The SMILES string of the molecule is O=C1NC(c2cccs2)Nc2ccc(Cl)cc21. The molecule has 1 aliphatic rings. The zero-order valence-electron chi connectivity index (χ0n) is 8.74. The fraction of sp³-hybridized carbons (Fsp3) is 0.0833. The van der Waals surface area contributed by atoms with Crippen LogP contribution in [0.3, 0.4) is 0 Å². The molecule has 2 aromatic rings. The molecule has 0 saturated heterocycles. The van der Waals surface area contributed by atoms with Gasteiger partial charge >= 0.3 is 0 Å². The molecule has 0 fully saturated rings. The third-order valence-corrected chi connectivity index (χ3v) is 3.80. The van der Waals surface area contributed by atoms with Crippen molar-refractivity contribution < 1.29 is 4.79 Å². The number of halogens is 1. The highest BCUT2D eigenvalue weighted by Crippen LogP contribution is 2.30. The lowest BCUT2D eigenvalue weighted by molar-refractivity contribution is 0.0936. The largest absolute Gasteiger partial charge is 0.360 e. The summed E-state index contributed by atoms with van der Waals surface area (Å²) in [5.41, 5.74) is 1.40. The Labute approximate surface area is 107 Å². The summed E-state index contributed by atoms with van der Waals surface area (Å²) in [6.45, 7) is 0. The lowest BCUT2D eigenvalue weighted by atomic mass is 10.1. The van der Waals surface area contributed by atoms with Crippen molar-refractivity contribution in [3.63, 3.8) is 0 Å². The van der Waals surface area contributed by atoms with Crippen LogP contribution in [0.2, 0.25) is 5.02 Å². The summed E-state index contributed by atoms with van der Waals surface area (Å²) in [5.74, 6) is -0.0975. The van der Waals surface area contributed by atoms with Gasteiger partial charge in [0.25, 0.3) is 5.91 Å². The number of thiophene rings is 1. The summed E-state index contributed by atoms with van der Waals surface area (Å²) in [6, 6.07) is 9.23. The summed E-state index contributed by atoms with van der Waals surface area (Å²) in [6.07, 6.45) is -0.156. The number of amides is 1. The van der Waals surface area contributed by atoms with Crippen molar-refractivity contribution in [2.45, 2.75) is 6.17 Å². The van der Waals surface area contributed by atoms with E-state index in [4.69, 9.17) is 11.6 Å². The quantitative estimate of drug-likeness (QED) is 0.830. The standard InChI is InChI=1S/C12H9ClN2OS/c13-7-3-4-9-8(6-7)12(16)15-11(14-9)10-2-1-5-17-10/h1-6,11,14H,(H,15,16). The van der Waals surface area contributed by atoms with Crippen molar-refractivity contribution in [1.82, 2.24) is 5.32 Å². The molecule has 1 amide bonds. The van der Waals surface area contributed by atoms with Crippen LogP contribution >= 0.6 is 22.9 Å². The number of nitrogens with one attached hydrogen (secondary N) is 2. The van der Waals surface area contributed by atoms with Gasteiger partial charge in [-0.15, -0.1) is 11.3 Å². The molecule has 0 bridgehead atoms. The second-order valence-electron chi connectivity index (χ2n) is 3.76. The van der Waals surface area contributed by atoms with Crippen molar-refractivity contribution in [3.8, 4) is 0 Å². The molecule has 86 valence electrons. The zero-order valence-corrected chi connectivity index (χ0v) is 10.3. The predicted molar refractivity (Wildman–Crippen MR) is 69.6 cm³/mol. The monoisotopic (exact) mass is 264 g/mol. The number of hydrogen-bond donors (Lipinski definition) is 2. The highest BCUT2D eigenvalue weighted by atomic mass is 35.5. The Bertz CT molecular complexity index is 568. The smallest absolute Gasteiger partial charge is 0.255 e. The second-order valence-corrected chi connectivity index (χ2v) is 5.17. The minimum Gasteiger partial charge on any atom is -0.360 e. The molecule has 2 N–H and O–H groups in total. The molecular weight excluding hydrogens is 256 g/mol. The van der Waals surface area contributed by atoms with E-state index >= 15 is 0 Å². The summed E-state index contributed by atoms with van der Waals surface area (Å²) >= 11 is 7.48. The Hall–Kier alpha value is -1.52. The van der Waals surface area contributed by atoms with Crippen molar-refractivity contribution in [3.05, 3.63) is 51.2 Å². The van der Waals surface area contributed by atoms with E-state index < -0.39 is 0 Å². The Kier molecular flexibility index (Phi) is 2.53. The molecule has 3 nitrogen and oxygen atoms in total. The van der Waals surface area contributed by atoms with Crippen LogP contribution in [0, 0.1) is 0 Å². The van der Waals surface area contributed by atoms with E-state index in [9.17, 15) is 4.79 Å². The lowest BCUT2D eigenvalue weighted by Gasteiger charge is -2.27. The second kappa shape index (κ2) is 4.05. The molecule has 1 unspecified atom stereocenters. The molecule has 0 aliphatic carbocycles. The zero-order chi connectivity index (χ0) is 11.8. The fourth-order valence-electron chi connectivity index (χ4n) is 1.83. The molecule has 0 spiro atoms. The molecule has 1 aromatic heterocycles. The van der Waals surface area contributed by atoms with Gasteiger partial charge in [0.1, 0.15) is 6.17 Å². The van der Waals surface area contributed by atoms with Gasteiger partial charge in [0.15, 0.2) is 0 Å². The Balaban J connectivity index is 1.99. The van der Waals surface area contributed by atoms with Gasteiger partial charge in [-0.05, 0) is 29.6 Å². The first-order valence-electron chi connectivity index (χ1n) is 5.14. The Morgan fingerprint density at radius 3 is 2.88 bits per heavy atom. The van der Waals surface area contributed by atoms with Gasteiger partial charge in [-0.3, -0.25) is 4.79 Å². The first kappa shape index (κ1) is 10.6. The summed E-state index contributed by atoms with van der Waals surface area (Å²) in [4.78, 5) is 13.0. The number of carbonyl (C=O) groups excluding carboxylic acids is 1. The molecule has 17 heavy (non-hydrogen) atoms. The van der Waals surface area contributed by atoms with Gasteiger partial charge in [-0.1, -0.05) is 17.7 Å². The highest BCUT2D eigenvalue weighted by molar-refractivity contribution is 7.10. The van der Waals surface area contributed by atoms with E-state index in [2.05, 4.69) is 10.6 Å². The molecule has 0 radical (unpaired) electrons.